The predicted octanol–water partition coefficient (Wildman–Crippen LogP) is -0.000200. The molecule has 3 N–H and O–H groups in total. The number of carbonyl (C=O) groups excluding carboxylic acids is 1. The quantitative estimate of drug-likeness (QED) is 0.535. The van der Waals surface area contributed by atoms with E-state index in [9.17, 15) is 4.79 Å². The van der Waals surface area contributed by atoms with Crippen LogP contribution in [-0.4, -0.2) is 40.8 Å². The maximum atomic E-state index is 11.7. The monoisotopic (exact) mass is 280 g/mol. The summed E-state index contributed by atoms with van der Waals surface area (Å²) in [6.45, 7) is 6.62. The van der Waals surface area contributed by atoms with Gasteiger partial charge in [-0.3, -0.25) is 14.5 Å². The number of nitrogens with zero attached hydrogens (tertiary/aromatic N) is 3. The van der Waals surface area contributed by atoms with Crippen LogP contribution in [-0.2, 0) is 18.4 Å². The molecule has 0 unspecified atom stereocenters. The van der Waals surface area contributed by atoms with Gasteiger partial charge in [-0.25, -0.2) is 0 Å². The molecule has 0 aliphatic carbocycles. The molecule has 112 valence electrons. The van der Waals surface area contributed by atoms with Crippen LogP contribution in [0.25, 0.3) is 0 Å². The highest BCUT2D eigenvalue weighted by atomic mass is 16.2. The first kappa shape index (κ1) is 16.0. The van der Waals surface area contributed by atoms with E-state index in [0.717, 1.165) is 5.56 Å². The van der Waals surface area contributed by atoms with Gasteiger partial charge in [0.2, 0.25) is 5.91 Å². The van der Waals surface area contributed by atoms with Crippen molar-refractivity contribution in [3.8, 4) is 0 Å². The van der Waals surface area contributed by atoms with Gasteiger partial charge in [-0.15, -0.1) is 0 Å². The first-order valence-corrected chi connectivity index (χ1v) is 6.53. The molecule has 1 rings (SSSR count). The molecule has 0 bridgehead atoms. The minimum absolute atomic E-state index is 0.0678. The summed E-state index contributed by atoms with van der Waals surface area (Å²) in [6, 6.07) is 0. The van der Waals surface area contributed by atoms with E-state index < -0.39 is 0 Å². The molecule has 0 aliphatic rings. The molecule has 0 fully saturated rings. The zero-order chi connectivity index (χ0) is 15.2. The average Bonchev–Trinajstić information content (AvgIpc) is 2.73. The molecule has 20 heavy (non-hydrogen) atoms. The van der Waals surface area contributed by atoms with Crippen molar-refractivity contribution in [3.05, 3.63) is 18.0 Å². The van der Waals surface area contributed by atoms with Gasteiger partial charge in [0.15, 0.2) is 5.96 Å². The molecule has 7 nitrogen and oxygen atoms in total. The lowest BCUT2D eigenvalue weighted by atomic mass is 10.1. The van der Waals surface area contributed by atoms with Crippen LogP contribution < -0.4 is 16.0 Å². The number of rotatable bonds is 4. The van der Waals surface area contributed by atoms with E-state index in [1.807, 2.05) is 34.0 Å². The van der Waals surface area contributed by atoms with E-state index in [1.165, 1.54) is 0 Å². The molecule has 0 saturated carbocycles. The standard InChI is InChI=1S/C13H24N6O/c1-13(2,3)18-11(20)8-16-12(14-4)15-6-10-7-17-19(5)9-10/h7,9H,6,8H2,1-5H3,(H,18,20)(H2,14,15,16). The zero-order valence-electron chi connectivity index (χ0n) is 12.8. The summed E-state index contributed by atoms with van der Waals surface area (Å²) in [4.78, 5) is 15.8. The topological polar surface area (TPSA) is 83.3 Å². The largest absolute Gasteiger partial charge is 0.352 e. The number of aliphatic imine (C=N–C) groups is 1. The van der Waals surface area contributed by atoms with Crippen LogP contribution in [0.15, 0.2) is 17.4 Å². The van der Waals surface area contributed by atoms with Crippen LogP contribution >= 0.6 is 0 Å². The number of nitrogens with one attached hydrogen (secondary N) is 3. The summed E-state index contributed by atoms with van der Waals surface area (Å²) in [6.07, 6.45) is 3.71. The minimum atomic E-state index is -0.231. The fourth-order valence-corrected chi connectivity index (χ4v) is 1.60. The summed E-state index contributed by atoms with van der Waals surface area (Å²) in [5.74, 6) is 0.514. The molecular formula is C13H24N6O. The second kappa shape index (κ2) is 6.93. The van der Waals surface area contributed by atoms with Crippen LogP contribution in [0.2, 0.25) is 0 Å². The Morgan fingerprint density at radius 3 is 2.60 bits per heavy atom. The summed E-state index contributed by atoms with van der Waals surface area (Å²) in [5.41, 5.74) is 0.820. The number of hydrogen-bond donors (Lipinski definition) is 3. The Labute approximate surface area is 119 Å². The Morgan fingerprint density at radius 2 is 2.10 bits per heavy atom. The van der Waals surface area contributed by atoms with Crippen molar-refractivity contribution in [2.24, 2.45) is 12.0 Å². The van der Waals surface area contributed by atoms with Crippen molar-refractivity contribution >= 4 is 11.9 Å². The Bertz CT molecular complexity index is 471. The Kier molecular flexibility index (Phi) is 5.54. The third kappa shape index (κ3) is 6.21. The molecule has 0 atom stereocenters. The zero-order valence-corrected chi connectivity index (χ0v) is 12.8. The van der Waals surface area contributed by atoms with Gasteiger partial charge in [-0.1, -0.05) is 0 Å². The molecule has 1 aromatic heterocycles. The van der Waals surface area contributed by atoms with E-state index in [0.29, 0.717) is 12.5 Å². The lowest BCUT2D eigenvalue weighted by Crippen LogP contribution is -2.48. The number of guanidine groups is 1. The van der Waals surface area contributed by atoms with Crippen LogP contribution in [0.4, 0.5) is 0 Å². The second-order valence-corrected chi connectivity index (χ2v) is 5.60. The van der Waals surface area contributed by atoms with E-state index in [-0.39, 0.29) is 18.0 Å². The molecular weight excluding hydrogens is 256 g/mol. The predicted molar refractivity (Wildman–Crippen MR) is 79.3 cm³/mol. The van der Waals surface area contributed by atoms with Gasteiger partial charge in [-0.2, -0.15) is 5.10 Å². The highest BCUT2D eigenvalue weighted by Gasteiger charge is 2.13. The van der Waals surface area contributed by atoms with Crippen molar-refractivity contribution in [1.29, 1.82) is 0 Å². The number of carbonyl (C=O) groups is 1. The lowest BCUT2D eigenvalue weighted by Gasteiger charge is -2.21. The van der Waals surface area contributed by atoms with Gasteiger partial charge in [0.25, 0.3) is 0 Å². The smallest absolute Gasteiger partial charge is 0.239 e. The van der Waals surface area contributed by atoms with Crippen LogP contribution in [0.1, 0.15) is 26.3 Å². The Balaban J connectivity index is 2.35. The Hall–Kier alpha value is -2.05. The SMILES string of the molecule is CN=C(NCC(=O)NC(C)(C)C)NCc1cnn(C)c1. The van der Waals surface area contributed by atoms with E-state index in [1.54, 1.807) is 17.9 Å². The average molecular weight is 280 g/mol. The molecule has 7 heteroatoms. The number of amides is 1. The van der Waals surface area contributed by atoms with Crippen molar-refractivity contribution in [3.63, 3.8) is 0 Å². The highest BCUT2D eigenvalue weighted by molar-refractivity contribution is 5.86. The molecule has 1 aromatic rings. The first-order valence-electron chi connectivity index (χ1n) is 6.53. The second-order valence-electron chi connectivity index (χ2n) is 5.60. The van der Waals surface area contributed by atoms with E-state index in [4.69, 9.17) is 0 Å². The first-order chi connectivity index (χ1) is 9.30. The molecule has 0 radical (unpaired) electrons. The third-order valence-electron chi connectivity index (χ3n) is 2.37. The maximum absolute atomic E-state index is 11.7. The molecule has 0 aliphatic heterocycles. The third-order valence-corrected chi connectivity index (χ3v) is 2.37. The minimum Gasteiger partial charge on any atom is -0.352 e. The molecule has 0 saturated heterocycles. The number of aromatic nitrogens is 2. The summed E-state index contributed by atoms with van der Waals surface area (Å²) in [7, 11) is 3.54. The molecule has 1 heterocycles. The van der Waals surface area contributed by atoms with Gasteiger partial charge < -0.3 is 16.0 Å². The van der Waals surface area contributed by atoms with Crippen LogP contribution in [0, 0.1) is 0 Å². The highest BCUT2D eigenvalue weighted by Crippen LogP contribution is 1.97. The Morgan fingerprint density at radius 1 is 1.40 bits per heavy atom. The number of hydrogen-bond acceptors (Lipinski definition) is 3. The maximum Gasteiger partial charge on any atom is 0.239 e. The van der Waals surface area contributed by atoms with Gasteiger partial charge in [0.05, 0.1) is 12.7 Å². The van der Waals surface area contributed by atoms with E-state index >= 15 is 0 Å². The van der Waals surface area contributed by atoms with Gasteiger partial charge in [0.1, 0.15) is 0 Å². The summed E-state index contributed by atoms with van der Waals surface area (Å²) in [5, 5.41) is 13.1. The fourth-order valence-electron chi connectivity index (χ4n) is 1.60. The van der Waals surface area contributed by atoms with Crippen molar-refractivity contribution < 1.29 is 4.79 Å². The van der Waals surface area contributed by atoms with E-state index in [2.05, 4.69) is 26.0 Å². The van der Waals surface area contributed by atoms with Gasteiger partial charge in [0, 0.05) is 37.9 Å². The molecule has 1 amide bonds. The normalized spacial score (nSPS) is 12.2. The summed E-state index contributed by atoms with van der Waals surface area (Å²) < 4.78 is 1.74. The molecule has 0 aromatic carbocycles. The molecule has 0 spiro atoms. The van der Waals surface area contributed by atoms with Crippen molar-refractivity contribution in [2.75, 3.05) is 13.6 Å². The van der Waals surface area contributed by atoms with Crippen molar-refractivity contribution in [2.45, 2.75) is 32.9 Å². The number of aryl methyl sites for hydroxylation is 1. The lowest BCUT2D eigenvalue weighted by molar-refractivity contribution is -0.121. The van der Waals surface area contributed by atoms with Crippen LogP contribution in [0.3, 0.4) is 0 Å². The summed E-state index contributed by atoms with van der Waals surface area (Å²) >= 11 is 0. The fraction of sp³-hybridized carbons (Fsp3) is 0.615. The van der Waals surface area contributed by atoms with Gasteiger partial charge in [-0.05, 0) is 20.8 Å². The van der Waals surface area contributed by atoms with Crippen LogP contribution in [0.5, 0.6) is 0 Å². The van der Waals surface area contributed by atoms with Gasteiger partial charge >= 0.3 is 0 Å². The van der Waals surface area contributed by atoms with Crippen molar-refractivity contribution in [1.82, 2.24) is 25.7 Å².